The Labute approximate surface area is 209 Å². The van der Waals surface area contributed by atoms with Crippen LogP contribution >= 0.6 is 0 Å². The molecule has 3 atom stereocenters. The number of benzene rings is 1. The van der Waals surface area contributed by atoms with Crippen LogP contribution in [-0.4, -0.2) is 65.1 Å². The van der Waals surface area contributed by atoms with Gasteiger partial charge in [0.1, 0.15) is 11.8 Å². The van der Waals surface area contributed by atoms with Crippen molar-refractivity contribution >= 4 is 17.8 Å². The number of amides is 2. The van der Waals surface area contributed by atoms with Gasteiger partial charge in [-0.15, -0.1) is 0 Å². The number of likely N-dealkylation sites (N-methyl/N-ethyl adjacent to an activating group) is 2. The summed E-state index contributed by atoms with van der Waals surface area (Å²) in [6, 6.07) is 4.78. The zero-order valence-corrected chi connectivity index (χ0v) is 22.8. The van der Waals surface area contributed by atoms with Gasteiger partial charge in [0, 0.05) is 18.0 Å². The third-order valence-corrected chi connectivity index (χ3v) is 6.50. The lowest BCUT2D eigenvalue weighted by molar-refractivity contribution is -0.141. The number of phenolic OH excluding ortho intramolecular Hbond substituents is 1. The van der Waals surface area contributed by atoms with Crippen LogP contribution in [-0.2, 0) is 19.8 Å². The Hall–Kier alpha value is -2.87. The van der Waals surface area contributed by atoms with Crippen LogP contribution in [0.25, 0.3) is 0 Å². The zero-order chi connectivity index (χ0) is 27.3. The van der Waals surface area contributed by atoms with Crippen molar-refractivity contribution in [3.8, 4) is 5.75 Å². The molecule has 0 bridgehead atoms. The average Bonchev–Trinajstić information content (AvgIpc) is 2.73. The molecule has 0 aromatic heterocycles. The maximum Gasteiger partial charge on any atom is 0.331 e. The molecule has 196 valence electrons. The molecule has 0 aliphatic heterocycles. The summed E-state index contributed by atoms with van der Waals surface area (Å²) < 4.78 is 0. The Balaban J connectivity index is 3.32. The molecular formula is C27H43N3O5. The van der Waals surface area contributed by atoms with Gasteiger partial charge in [-0.3, -0.25) is 9.59 Å². The maximum absolute atomic E-state index is 13.7. The highest BCUT2D eigenvalue weighted by Crippen LogP contribution is 2.30. The molecule has 0 fully saturated rings. The fourth-order valence-corrected chi connectivity index (χ4v) is 4.20. The second kappa shape index (κ2) is 11.7. The predicted octanol–water partition coefficient (Wildman–Crippen LogP) is 3.30. The number of phenols is 1. The topological polar surface area (TPSA) is 119 Å². The minimum atomic E-state index is -1.04. The van der Waals surface area contributed by atoms with E-state index in [2.05, 4.69) is 10.6 Å². The largest absolute Gasteiger partial charge is 0.508 e. The Kier molecular flexibility index (Phi) is 10.1. The minimum Gasteiger partial charge on any atom is -0.508 e. The number of nitrogens with one attached hydrogen (secondary N) is 2. The molecule has 1 rings (SSSR count). The van der Waals surface area contributed by atoms with Crippen LogP contribution in [0.15, 0.2) is 35.9 Å². The first-order valence-electron chi connectivity index (χ1n) is 11.9. The molecule has 0 saturated carbocycles. The number of hydrogen-bond acceptors (Lipinski definition) is 5. The second-order valence-electron chi connectivity index (χ2n) is 11.1. The van der Waals surface area contributed by atoms with Crippen LogP contribution in [0.1, 0.15) is 61.0 Å². The highest BCUT2D eigenvalue weighted by atomic mass is 16.4. The number of rotatable bonds is 10. The van der Waals surface area contributed by atoms with Gasteiger partial charge in [0.25, 0.3) is 0 Å². The molecule has 2 amide bonds. The molecule has 0 saturated heterocycles. The molecule has 4 N–H and O–H groups in total. The SMILES string of the molecule is CN[C@H](C(=O)N[C@H](C(=O)N(C)[C@H](/C=C(\C)C(=O)O)C(C)C)C(C)(C)C)C(C)(C)c1cccc(O)c1. The smallest absolute Gasteiger partial charge is 0.331 e. The Morgan fingerprint density at radius 2 is 1.63 bits per heavy atom. The normalized spacial score (nSPS) is 15.3. The van der Waals surface area contributed by atoms with Crippen molar-refractivity contribution in [2.45, 2.75) is 78.9 Å². The number of carbonyl (C=O) groups is 3. The van der Waals surface area contributed by atoms with E-state index in [0.717, 1.165) is 5.56 Å². The van der Waals surface area contributed by atoms with E-state index in [9.17, 15) is 24.6 Å². The standard InChI is InChI=1S/C27H43N3O5/c1-16(2)20(14-17(3)25(34)35)30(10)24(33)22(26(4,5)6)29-23(32)21(28-9)27(7,8)18-12-11-13-19(31)15-18/h11-16,20-22,28,31H,1-10H3,(H,29,32)(H,34,35)/b17-14+/t20-,21-,22-/m1/s1. The molecule has 35 heavy (non-hydrogen) atoms. The van der Waals surface area contributed by atoms with Crippen molar-refractivity contribution in [2.24, 2.45) is 11.3 Å². The lowest BCUT2D eigenvalue weighted by Crippen LogP contribution is -2.61. The number of nitrogens with zero attached hydrogens (tertiary/aromatic N) is 1. The van der Waals surface area contributed by atoms with Crippen molar-refractivity contribution in [1.29, 1.82) is 0 Å². The van der Waals surface area contributed by atoms with E-state index in [1.54, 1.807) is 38.4 Å². The van der Waals surface area contributed by atoms with Gasteiger partial charge >= 0.3 is 5.97 Å². The minimum absolute atomic E-state index is 0.0377. The lowest BCUT2D eigenvalue weighted by Gasteiger charge is -2.40. The molecule has 0 spiro atoms. The van der Waals surface area contributed by atoms with E-state index in [1.807, 2.05) is 54.5 Å². The Morgan fingerprint density at radius 3 is 2.06 bits per heavy atom. The van der Waals surface area contributed by atoms with E-state index < -0.39 is 34.9 Å². The molecule has 0 radical (unpaired) electrons. The number of carboxylic acid groups (broad SMARTS) is 1. The lowest BCUT2D eigenvalue weighted by atomic mass is 9.76. The monoisotopic (exact) mass is 489 g/mol. The summed E-state index contributed by atoms with van der Waals surface area (Å²) in [5.41, 5.74) is -0.377. The highest BCUT2D eigenvalue weighted by molar-refractivity contribution is 5.91. The zero-order valence-electron chi connectivity index (χ0n) is 22.8. The molecule has 0 aliphatic rings. The fourth-order valence-electron chi connectivity index (χ4n) is 4.20. The van der Waals surface area contributed by atoms with Gasteiger partial charge in [0.05, 0.1) is 12.1 Å². The second-order valence-corrected chi connectivity index (χ2v) is 11.1. The summed E-state index contributed by atoms with van der Waals surface area (Å²) in [4.78, 5) is 40.1. The first-order chi connectivity index (χ1) is 15.9. The first kappa shape index (κ1) is 30.2. The van der Waals surface area contributed by atoms with Crippen LogP contribution in [0.5, 0.6) is 5.75 Å². The molecule has 1 aromatic carbocycles. The number of carboxylic acids is 1. The van der Waals surface area contributed by atoms with E-state index in [0.29, 0.717) is 0 Å². The van der Waals surface area contributed by atoms with Crippen molar-refractivity contribution in [3.63, 3.8) is 0 Å². The first-order valence-corrected chi connectivity index (χ1v) is 11.9. The highest BCUT2D eigenvalue weighted by Gasteiger charge is 2.41. The van der Waals surface area contributed by atoms with Crippen LogP contribution in [0.2, 0.25) is 0 Å². The van der Waals surface area contributed by atoms with Crippen molar-refractivity contribution in [1.82, 2.24) is 15.5 Å². The van der Waals surface area contributed by atoms with Gasteiger partial charge in [-0.1, -0.05) is 66.7 Å². The fraction of sp³-hybridized carbons (Fsp3) is 0.593. The van der Waals surface area contributed by atoms with Crippen molar-refractivity contribution < 1.29 is 24.6 Å². The summed E-state index contributed by atoms with van der Waals surface area (Å²) in [5.74, 6) is -1.61. The molecule has 1 aromatic rings. The summed E-state index contributed by atoms with van der Waals surface area (Å²) in [6.07, 6.45) is 1.58. The molecule has 0 heterocycles. The average molecular weight is 490 g/mol. The van der Waals surface area contributed by atoms with E-state index in [4.69, 9.17) is 0 Å². The van der Waals surface area contributed by atoms with Gasteiger partial charge in [-0.25, -0.2) is 4.79 Å². The maximum atomic E-state index is 13.7. The predicted molar refractivity (Wildman–Crippen MR) is 138 cm³/mol. The summed E-state index contributed by atoms with van der Waals surface area (Å²) >= 11 is 0. The number of aliphatic carboxylic acids is 1. The third-order valence-electron chi connectivity index (χ3n) is 6.50. The van der Waals surface area contributed by atoms with Gasteiger partial charge < -0.3 is 25.7 Å². The molecule has 0 aliphatic carbocycles. The molecule has 8 heteroatoms. The van der Waals surface area contributed by atoms with Crippen molar-refractivity contribution in [3.05, 3.63) is 41.5 Å². The Bertz CT molecular complexity index is 946. The third kappa shape index (κ3) is 7.56. The molecule has 8 nitrogen and oxygen atoms in total. The van der Waals surface area contributed by atoms with Gasteiger partial charge in [-0.05, 0) is 43.0 Å². The summed E-state index contributed by atoms with van der Waals surface area (Å²) in [5, 5.41) is 25.3. The van der Waals surface area contributed by atoms with E-state index >= 15 is 0 Å². The molecular weight excluding hydrogens is 446 g/mol. The van der Waals surface area contributed by atoms with Gasteiger partial charge in [-0.2, -0.15) is 0 Å². The Morgan fingerprint density at radius 1 is 1.06 bits per heavy atom. The number of aromatic hydroxyl groups is 1. The van der Waals surface area contributed by atoms with Crippen LogP contribution in [0, 0.1) is 11.3 Å². The van der Waals surface area contributed by atoms with Gasteiger partial charge in [0.15, 0.2) is 0 Å². The summed E-state index contributed by atoms with van der Waals surface area (Å²) in [6.45, 7) is 14.8. The quantitative estimate of drug-likeness (QED) is 0.375. The summed E-state index contributed by atoms with van der Waals surface area (Å²) in [7, 11) is 3.32. The van der Waals surface area contributed by atoms with Crippen molar-refractivity contribution in [2.75, 3.05) is 14.1 Å². The van der Waals surface area contributed by atoms with Crippen LogP contribution in [0.3, 0.4) is 0 Å². The van der Waals surface area contributed by atoms with E-state index in [-0.39, 0.29) is 29.1 Å². The number of carbonyl (C=O) groups excluding carboxylic acids is 2. The van der Waals surface area contributed by atoms with Gasteiger partial charge in [0.2, 0.25) is 11.8 Å². The van der Waals surface area contributed by atoms with E-state index in [1.165, 1.54) is 11.8 Å². The van der Waals surface area contributed by atoms with Crippen LogP contribution in [0.4, 0.5) is 0 Å². The number of hydrogen-bond donors (Lipinski definition) is 4. The molecule has 0 unspecified atom stereocenters. The van der Waals surface area contributed by atoms with Crippen LogP contribution < -0.4 is 10.6 Å².